The van der Waals surface area contributed by atoms with Crippen molar-refractivity contribution in [3.05, 3.63) is 23.8 Å². The topological polar surface area (TPSA) is 62.2 Å². The molecular weight excluding hydrogens is 344 g/mol. The van der Waals surface area contributed by atoms with Gasteiger partial charge in [0.05, 0.1) is 14.2 Å². The van der Waals surface area contributed by atoms with Crippen LogP contribution in [0.3, 0.4) is 0 Å². The maximum absolute atomic E-state index is 13.1. The Labute approximate surface area is 162 Å². The summed E-state index contributed by atoms with van der Waals surface area (Å²) in [5, 5.41) is 11.2. The summed E-state index contributed by atoms with van der Waals surface area (Å²) in [6.45, 7) is 3.46. The summed E-state index contributed by atoms with van der Waals surface area (Å²) < 4.78 is 10.9. The average molecular weight is 376 g/mol. The third-order valence-corrected chi connectivity index (χ3v) is 5.73. The van der Waals surface area contributed by atoms with Crippen molar-refractivity contribution < 1.29 is 19.4 Å². The molecule has 1 atom stereocenters. The summed E-state index contributed by atoms with van der Waals surface area (Å²) in [5.74, 6) is 1.14. The summed E-state index contributed by atoms with van der Waals surface area (Å²) in [4.78, 5) is 17.2. The zero-order valence-corrected chi connectivity index (χ0v) is 16.6. The Bertz CT molecular complexity index is 643. The molecule has 0 aromatic heterocycles. The number of rotatable bonds is 6. The lowest BCUT2D eigenvalue weighted by Gasteiger charge is -2.40. The number of carbonyl (C=O) groups is 1. The quantitative estimate of drug-likeness (QED) is 0.826. The first-order valence-electron chi connectivity index (χ1n) is 10.0. The molecule has 1 aromatic rings. The second-order valence-corrected chi connectivity index (χ2v) is 7.70. The maximum Gasteiger partial charge on any atom is 0.256 e. The number of piperidine rings is 1. The number of likely N-dealkylation sites (tertiary alicyclic amines) is 2. The van der Waals surface area contributed by atoms with Crippen LogP contribution >= 0.6 is 0 Å². The zero-order valence-electron chi connectivity index (χ0n) is 16.6. The molecule has 6 heteroatoms. The Morgan fingerprint density at radius 3 is 2.44 bits per heavy atom. The fourth-order valence-electron chi connectivity index (χ4n) is 4.31. The predicted octanol–water partition coefficient (Wildman–Crippen LogP) is 2.43. The molecule has 27 heavy (non-hydrogen) atoms. The summed E-state index contributed by atoms with van der Waals surface area (Å²) in [5.41, 5.74) is -0.390. The average Bonchev–Trinajstić information content (AvgIpc) is 2.93. The molecule has 1 N–H and O–H groups in total. The molecule has 1 aromatic carbocycles. The van der Waals surface area contributed by atoms with Crippen molar-refractivity contribution >= 4 is 5.91 Å². The molecule has 0 aliphatic carbocycles. The van der Waals surface area contributed by atoms with Gasteiger partial charge in [-0.3, -0.25) is 9.69 Å². The van der Waals surface area contributed by atoms with Crippen LogP contribution in [0.1, 0.15) is 44.1 Å². The van der Waals surface area contributed by atoms with E-state index in [9.17, 15) is 9.90 Å². The van der Waals surface area contributed by atoms with E-state index in [0.717, 1.165) is 37.9 Å². The van der Waals surface area contributed by atoms with Crippen LogP contribution in [0.15, 0.2) is 18.2 Å². The van der Waals surface area contributed by atoms with Crippen molar-refractivity contribution in [2.75, 3.05) is 40.4 Å². The molecule has 0 radical (unpaired) electrons. The van der Waals surface area contributed by atoms with Gasteiger partial charge in [-0.2, -0.15) is 0 Å². The van der Waals surface area contributed by atoms with Crippen LogP contribution in [0.5, 0.6) is 11.5 Å². The molecule has 3 rings (SSSR count). The molecule has 0 saturated carbocycles. The number of carbonyl (C=O) groups excluding carboxylic acids is 1. The van der Waals surface area contributed by atoms with E-state index in [-0.39, 0.29) is 5.91 Å². The smallest absolute Gasteiger partial charge is 0.256 e. The minimum atomic E-state index is -1.28. The van der Waals surface area contributed by atoms with E-state index < -0.39 is 5.60 Å². The van der Waals surface area contributed by atoms with E-state index in [2.05, 4.69) is 4.90 Å². The molecule has 150 valence electrons. The van der Waals surface area contributed by atoms with E-state index in [0.29, 0.717) is 37.6 Å². The van der Waals surface area contributed by atoms with Gasteiger partial charge >= 0.3 is 0 Å². The van der Waals surface area contributed by atoms with Gasteiger partial charge in [-0.15, -0.1) is 0 Å². The van der Waals surface area contributed by atoms with Crippen molar-refractivity contribution in [1.29, 1.82) is 0 Å². The number of benzene rings is 1. The molecule has 1 amide bonds. The highest BCUT2D eigenvalue weighted by Crippen LogP contribution is 2.33. The fourth-order valence-corrected chi connectivity index (χ4v) is 4.31. The van der Waals surface area contributed by atoms with Gasteiger partial charge in [0.1, 0.15) is 0 Å². The number of hydrogen-bond donors (Lipinski definition) is 1. The molecule has 0 unspecified atom stereocenters. The van der Waals surface area contributed by atoms with E-state index in [4.69, 9.17) is 9.47 Å². The molecule has 2 saturated heterocycles. The number of para-hydroxylation sites is 1. The van der Waals surface area contributed by atoms with Crippen LogP contribution in [-0.2, 0) is 11.3 Å². The van der Waals surface area contributed by atoms with E-state index in [1.165, 1.54) is 12.8 Å². The highest BCUT2D eigenvalue weighted by Gasteiger charge is 2.43. The first-order valence-corrected chi connectivity index (χ1v) is 10.0. The van der Waals surface area contributed by atoms with Gasteiger partial charge in [-0.1, -0.05) is 25.0 Å². The van der Waals surface area contributed by atoms with Crippen LogP contribution in [0.4, 0.5) is 0 Å². The highest BCUT2D eigenvalue weighted by atomic mass is 16.5. The summed E-state index contributed by atoms with van der Waals surface area (Å²) in [6, 6.07) is 5.68. The van der Waals surface area contributed by atoms with Crippen molar-refractivity contribution in [2.45, 2.75) is 50.7 Å². The van der Waals surface area contributed by atoms with Crippen LogP contribution < -0.4 is 9.47 Å². The Morgan fingerprint density at radius 2 is 1.78 bits per heavy atom. The van der Waals surface area contributed by atoms with Gasteiger partial charge in [0, 0.05) is 25.2 Å². The largest absolute Gasteiger partial charge is 0.493 e. The van der Waals surface area contributed by atoms with Crippen molar-refractivity contribution in [2.24, 2.45) is 0 Å². The number of ether oxygens (including phenoxy) is 2. The maximum atomic E-state index is 13.1. The Hall–Kier alpha value is -1.79. The van der Waals surface area contributed by atoms with Crippen LogP contribution in [0.2, 0.25) is 0 Å². The fraction of sp³-hybridized carbons (Fsp3) is 0.667. The molecule has 0 spiro atoms. The van der Waals surface area contributed by atoms with Crippen molar-refractivity contribution in [3.8, 4) is 11.5 Å². The third-order valence-electron chi connectivity index (χ3n) is 5.73. The number of nitrogens with zero attached hydrogens (tertiary/aromatic N) is 2. The normalized spacial score (nSPS) is 24.6. The molecule has 2 heterocycles. The monoisotopic (exact) mass is 376 g/mol. The molecule has 0 bridgehead atoms. The van der Waals surface area contributed by atoms with Crippen LogP contribution in [0, 0.1) is 0 Å². The molecule has 6 nitrogen and oxygen atoms in total. The van der Waals surface area contributed by atoms with Gasteiger partial charge in [-0.25, -0.2) is 0 Å². The van der Waals surface area contributed by atoms with Gasteiger partial charge < -0.3 is 19.5 Å². The first-order chi connectivity index (χ1) is 13.1. The zero-order chi connectivity index (χ0) is 19.3. The standard InChI is InChI=1S/C21H32N2O4/c1-26-18-10-7-9-17(19(18)27-2)15-23-14-8-11-21(25,20(23)24)16-22-12-5-3-4-6-13-22/h7,9-10,25H,3-6,8,11-16H2,1-2H3/t21-/m1/s1. The lowest BCUT2D eigenvalue weighted by atomic mass is 9.90. The van der Waals surface area contributed by atoms with Gasteiger partial charge in [0.2, 0.25) is 0 Å². The molecular formula is C21H32N2O4. The van der Waals surface area contributed by atoms with E-state index in [1.54, 1.807) is 19.1 Å². The van der Waals surface area contributed by atoms with E-state index >= 15 is 0 Å². The van der Waals surface area contributed by atoms with Crippen LogP contribution in [-0.4, -0.2) is 66.8 Å². The molecule has 2 aliphatic heterocycles. The van der Waals surface area contributed by atoms with Crippen molar-refractivity contribution in [3.63, 3.8) is 0 Å². The van der Waals surface area contributed by atoms with Crippen LogP contribution in [0.25, 0.3) is 0 Å². The lowest BCUT2D eigenvalue weighted by Crippen LogP contribution is -2.58. The summed E-state index contributed by atoms with van der Waals surface area (Å²) in [6.07, 6.45) is 6.12. The number of aliphatic hydroxyl groups is 1. The summed E-state index contributed by atoms with van der Waals surface area (Å²) >= 11 is 0. The predicted molar refractivity (Wildman–Crippen MR) is 104 cm³/mol. The number of methoxy groups -OCH3 is 2. The first kappa shape index (κ1) is 20.0. The van der Waals surface area contributed by atoms with Crippen molar-refractivity contribution in [1.82, 2.24) is 9.80 Å². The minimum Gasteiger partial charge on any atom is -0.493 e. The lowest BCUT2D eigenvalue weighted by molar-refractivity contribution is -0.160. The number of β-amino-alcohol motifs (C(OH)–C–C–N with tert-alkyl or cyclic N) is 1. The van der Waals surface area contributed by atoms with Gasteiger partial charge in [-0.05, 0) is 44.8 Å². The third kappa shape index (κ3) is 4.55. The Balaban J connectivity index is 1.73. The Morgan fingerprint density at radius 1 is 1.04 bits per heavy atom. The molecule has 2 aliphatic rings. The number of hydrogen-bond acceptors (Lipinski definition) is 5. The number of amides is 1. The van der Waals surface area contributed by atoms with E-state index in [1.807, 2.05) is 18.2 Å². The Kier molecular flexibility index (Phi) is 6.60. The van der Waals surface area contributed by atoms with Gasteiger partial charge in [0.25, 0.3) is 5.91 Å². The SMILES string of the molecule is COc1cccc(CN2CCC[C@@](O)(CN3CCCCCC3)C2=O)c1OC. The molecule has 2 fully saturated rings. The summed E-state index contributed by atoms with van der Waals surface area (Å²) in [7, 11) is 3.21. The second-order valence-electron chi connectivity index (χ2n) is 7.70. The minimum absolute atomic E-state index is 0.164. The second kappa shape index (κ2) is 8.93. The highest BCUT2D eigenvalue weighted by molar-refractivity contribution is 5.86. The van der Waals surface area contributed by atoms with Gasteiger partial charge in [0.15, 0.2) is 17.1 Å².